The highest BCUT2D eigenvalue weighted by Crippen LogP contribution is 2.22. The minimum Gasteiger partial charge on any atom is -0.462 e. The second-order valence-electron chi connectivity index (χ2n) is 6.17. The summed E-state index contributed by atoms with van der Waals surface area (Å²) in [7, 11) is 1.93. The Morgan fingerprint density at radius 1 is 1.04 bits per heavy atom. The fraction of sp³-hybridized carbons (Fsp3) is 0.227. The molecule has 0 N–H and O–H groups in total. The number of hydrogen-bond acceptors (Lipinski definition) is 5. The molecule has 5 heteroatoms. The molecule has 3 aromatic rings. The fourth-order valence-corrected chi connectivity index (χ4v) is 2.79. The van der Waals surface area contributed by atoms with Gasteiger partial charge in [0.15, 0.2) is 5.82 Å². The summed E-state index contributed by atoms with van der Waals surface area (Å²) in [6.45, 7) is 2.82. The van der Waals surface area contributed by atoms with Crippen molar-refractivity contribution in [3.05, 3.63) is 78.0 Å². The summed E-state index contributed by atoms with van der Waals surface area (Å²) >= 11 is 0. The standard InChI is InChI=1S/C22H23N3O2/c1-3-27-22(26)19-16-23-20(18-12-8-5-9-13-18)24-21(19)25(2)15-14-17-10-6-4-7-11-17/h4-13,16H,3,14-15H2,1-2H3. The fourth-order valence-electron chi connectivity index (χ4n) is 2.79. The van der Waals surface area contributed by atoms with Crippen molar-refractivity contribution in [2.45, 2.75) is 13.3 Å². The lowest BCUT2D eigenvalue weighted by Gasteiger charge is -2.21. The molecule has 0 fully saturated rings. The van der Waals surface area contributed by atoms with Crippen LogP contribution in [0.15, 0.2) is 66.9 Å². The van der Waals surface area contributed by atoms with Gasteiger partial charge >= 0.3 is 5.97 Å². The Balaban J connectivity index is 1.90. The molecule has 0 aliphatic carbocycles. The highest BCUT2D eigenvalue weighted by molar-refractivity contribution is 5.94. The normalized spacial score (nSPS) is 10.4. The predicted octanol–water partition coefficient (Wildman–Crippen LogP) is 4.00. The molecule has 2 aromatic carbocycles. The topological polar surface area (TPSA) is 55.3 Å². The molecule has 5 nitrogen and oxygen atoms in total. The lowest BCUT2D eigenvalue weighted by Crippen LogP contribution is -2.25. The van der Waals surface area contributed by atoms with E-state index in [9.17, 15) is 4.79 Å². The predicted molar refractivity (Wildman–Crippen MR) is 107 cm³/mol. The van der Waals surface area contributed by atoms with Gasteiger partial charge in [0, 0.05) is 25.4 Å². The largest absolute Gasteiger partial charge is 0.462 e. The molecule has 0 saturated heterocycles. The molecule has 0 atom stereocenters. The molecule has 0 unspecified atom stereocenters. The van der Waals surface area contributed by atoms with Crippen LogP contribution in [-0.2, 0) is 11.2 Å². The maximum Gasteiger partial charge on any atom is 0.343 e. The summed E-state index contributed by atoms with van der Waals surface area (Å²) in [5, 5.41) is 0. The Labute approximate surface area is 159 Å². The van der Waals surface area contributed by atoms with Gasteiger partial charge in [0.25, 0.3) is 0 Å². The van der Waals surface area contributed by atoms with Crippen LogP contribution in [0.5, 0.6) is 0 Å². The molecule has 138 valence electrons. The number of carbonyl (C=O) groups is 1. The van der Waals surface area contributed by atoms with Crippen molar-refractivity contribution < 1.29 is 9.53 Å². The van der Waals surface area contributed by atoms with E-state index in [-0.39, 0.29) is 0 Å². The minimum atomic E-state index is -0.404. The highest BCUT2D eigenvalue weighted by Gasteiger charge is 2.19. The lowest BCUT2D eigenvalue weighted by molar-refractivity contribution is 0.0526. The van der Waals surface area contributed by atoms with Crippen molar-refractivity contribution in [1.29, 1.82) is 0 Å². The first-order valence-corrected chi connectivity index (χ1v) is 9.03. The molecule has 3 rings (SSSR count). The van der Waals surface area contributed by atoms with Crippen LogP contribution in [0.25, 0.3) is 11.4 Å². The van der Waals surface area contributed by atoms with Crippen LogP contribution in [0.2, 0.25) is 0 Å². The summed E-state index contributed by atoms with van der Waals surface area (Å²) in [5.41, 5.74) is 2.53. The van der Waals surface area contributed by atoms with E-state index in [0.29, 0.717) is 23.8 Å². The molecule has 1 aromatic heterocycles. The van der Waals surface area contributed by atoms with Crippen molar-refractivity contribution in [3.63, 3.8) is 0 Å². The van der Waals surface area contributed by atoms with Gasteiger partial charge in [-0.3, -0.25) is 0 Å². The Kier molecular flexibility index (Phi) is 6.15. The van der Waals surface area contributed by atoms with Gasteiger partial charge in [-0.15, -0.1) is 0 Å². The van der Waals surface area contributed by atoms with Crippen LogP contribution >= 0.6 is 0 Å². The maximum absolute atomic E-state index is 12.4. The first kappa shape index (κ1) is 18.6. The molecule has 27 heavy (non-hydrogen) atoms. The van der Waals surface area contributed by atoms with Gasteiger partial charge in [-0.25, -0.2) is 14.8 Å². The quantitative estimate of drug-likeness (QED) is 0.596. The zero-order valence-corrected chi connectivity index (χ0v) is 15.6. The smallest absolute Gasteiger partial charge is 0.343 e. The van der Waals surface area contributed by atoms with E-state index in [2.05, 4.69) is 22.1 Å². The monoisotopic (exact) mass is 361 g/mol. The molecule has 0 saturated carbocycles. The van der Waals surface area contributed by atoms with Crippen LogP contribution in [0.4, 0.5) is 5.82 Å². The lowest BCUT2D eigenvalue weighted by atomic mass is 10.1. The van der Waals surface area contributed by atoms with E-state index in [1.54, 1.807) is 13.1 Å². The average Bonchev–Trinajstić information content (AvgIpc) is 2.73. The van der Waals surface area contributed by atoms with Crippen LogP contribution in [0.3, 0.4) is 0 Å². The SMILES string of the molecule is CCOC(=O)c1cnc(-c2ccccc2)nc1N(C)CCc1ccccc1. The number of hydrogen-bond donors (Lipinski definition) is 0. The highest BCUT2D eigenvalue weighted by atomic mass is 16.5. The minimum absolute atomic E-state index is 0.312. The number of aromatic nitrogens is 2. The first-order chi connectivity index (χ1) is 13.2. The van der Waals surface area contributed by atoms with Crippen LogP contribution < -0.4 is 4.90 Å². The number of carbonyl (C=O) groups excluding carboxylic acids is 1. The summed E-state index contributed by atoms with van der Waals surface area (Å²) < 4.78 is 5.18. The maximum atomic E-state index is 12.4. The summed E-state index contributed by atoms with van der Waals surface area (Å²) in [4.78, 5) is 23.4. The number of rotatable bonds is 7. The van der Waals surface area contributed by atoms with Crippen molar-refractivity contribution in [2.75, 3.05) is 25.1 Å². The van der Waals surface area contributed by atoms with Crippen LogP contribution in [-0.4, -0.2) is 36.1 Å². The third-order valence-corrected chi connectivity index (χ3v) is 4.24. The molecule has 0 spiro atoms. The molecule has 0 aliphatic heterocycles. The molecule has 0 amide bonds. The van der Waals surface area contributed by atoms with Gasteiger partial charge in [0.2, 0.25) is 0 Å². The van der Waals surface area contributed by atoms with Gasteiger partial charge in [-0.1, -0.05) is 60.7 Å². The zero-order chi connectivity index (χ0) is 19.1. The van der Waals surface area contributed by atoms with Crippen molar-refractivity contribution >= 4 is 11.8 Å². The molecule has 0 bridgehead atoms. The number of esters is 1. The van der Waals surface area contributed by atoms with E-state index < -0.39 is 5.97 Å². The number of ether oxygens (including phenoxy) is 1. The molecule has 0 radical (unpaired) electrons. The molecule has 0 aliphatic rings. The van der Waals surface area contributed by atoms with Crippen LogP contribution in [0.1, 0.15) is 22.8 Å². The van der Waals surface area contributed by atoms with Crippen molar-refractivity contribution in [2.24, 2.45) is 0 Å². The van der Waals surface area contributed by atoms with Gasteiger partial charge in [0.1, 0.15) is 11.4 Å². The van der Waals surface area contributed by atoms with E-state index in [0.717, 1.165) is 18.5 Å². The summed E-state index contributed by atoms with van der Waals surface area (Å²) in [6.07, 6.45) is 2.41. The summed E-state index contributed by atoms with van der Waals surface area (Å²) in [5.74, 6) is 0.766. The van der Waals surface area contributed by atoms with Crippen molar-refractivity contribution in [3.8, 4) is 11.4 Å². The van der Waals surface area contributed by atoms with Gasteiger partial charge < -0.3 is 9.64 Å². The number of benzene rings is 2. The number of likely N-dealkylation sites (N-methyl/N-ethyl adjacent to an activating group) is 1. The van der Waals surface area contributed by atoms with E-state index in [1.807, 2.05) is 60.5 Å². The Bertz CT molecular complexity index is 883. The average molecular weight is 361 g/mol. The number of nitrogens with zero attached hydrogens (tertiary/aromatic N) is 3. The number of anilines is 1. The van der Waals surface area contributed by atoms with Gasteiger partial charge in [-0.05, 0) is 18.9 Å². The molecule has 1 heterocycles. The molecular formula is C22H23N3O2. The van der Waals surface area contributed by atoms with Crippen molar-refractivity contribution in [1.82, 2.24) is 9.97 Å². The Morgan fingerprint density at radius 2 is 1.70 bits per heavy atom. The Morgan fingerprint density at radius 3 is 2.37 bits per heavy atom. The third-order valence-electron chi connectivity index (χ3n) is 4.24. The van der Waals surface area contributed by atoms with E-state index >= 15 is 0 Å². The second-order valence-corrected chi connectivity index (χ2v) is 6.17. The van der Waals surface area contributed by atoms with Gasteiger partial charge in [-0.2, -0.15) is 0 Å². The first-order valence-electron chi connectivity index (χ1n) is 9.03. The Hall–Kier alpha value is -3.21. The third kappa shape index (κ3) is 4.70. The summed E-state index contributed by atoms with van der Waals surface area (Å²) in [6, 6.07) is 20.0. The van der Waals surface area contributed by atoms with E-state index in [1.165, 1.54) is 5.56 Å². The van der Waals surface area contributed by atoms with E-state index in [4.69, 9.17) is 4.74 Å². The molecular weight excluding hydrogens is 338 g/mol. The zero-order valence-electron chi connectivity index (χ0n) is 15.6. The van der Waals surface area contributed by atoms with Gasteiger partial charge in [0.05, 0.1) is 6.61 Å². The second kappa shape index (κ2) is 8.94. The van der Waals surface area contributed by atoms with Crippen LogP contribution in [0, 0.1) is 0 Å².